The first kappa shape index (κ1) is 18.7. The first-order valence-corrected chi connectivity index (χ1v) is 9.01. The van der Waals surface area contributed by atoms with Crippen LogP contribution in [0, 0.1) is 20.8 Å². The van der Waals surface area contributed by atoms with Gasteiger partial charge in [0.15, 0.2) is 5.58 Å². The van der Waals surface area contributed by atoms with E-state index in [0.29, 0.717) is 30.1 Å². The normalized spacial score (nSPS) is 11.0. The second-order valence-electron chi connectivity index (χ2n) is 6.54. The Morgan fingerprint density at radius 1 is 1.26 bits per heavy atom. The minimum atomic E-state index is -0.347. The van der Waals surface area contributed by atoms with Gasteiger partial charge in [-0.1, -0.05) is 19.1 Å². The van der Waals surface area contributed by atoms with Crippen LogP contribution in [0.3, 0.4) is 0 Å². The fraction of sp³-hybridized carbons (Fsp3) is 0.350. The largest absolute Gasteiger partial charge is 0.459 e. The number of furan rings is 1. The molecular formula is C20H24N4O3. The molecule has 0 saturated carbocycles. The van der Waals surface area contributed by atoms with Crippen molar-refractivity contribution in [1.82, 2.24) is 14.9 Å². The third-order valence-corrected chi connectivity index (χ3v) is 4.60. The number of hydrogen-bond acceptors (Lipinski definition) is 4. The molecule has 2 heterocycles. The van der Waals surface area contributed by atoms with Crippen molar-refractivity contribution >= 4 is 22.7 Å². The molecule has 7 heteroatoms. The maximum absolute atomic E-state index is 12.3. The highest BCUT2D eigenvalue weighted by atomic mass is 16.3. The van der Waals surface area contributed by atoms with Crippen molar-refractivity contribution in [2.75, 3.05) is 11.9 Å². The van der Waals surface area contributed by atoms with Crippen LogP contribution in [0.1, 0.15) is 29.6 Å². The van der Waals surface area contributed by atoms with Crippen LogP contribution in [0.5, 0.6) is 0 Å². The number of amides is 2. The standard InChI is InChI=1S/C20H24N4O3/c1-5-17-14(4)15-7-6-8-16(18(15)27-17)23-19(25)21-9-10-24-13(3)11-12(2)22-20(24)26/h6-8,11H,5,9-10H2,1-4H3,(H2,21,23,25). The lowest BCUT2D eigenvalue weighted by Crippen LogP contribution is -2.35. The Morgan fingerprint density at radius 2 is 2.04 bits per heavy atom. The second kappa shape index (κ2) is 7.65. The summed E-state index contributed by atoms with van der Waals surface area (Å²) in [4.78, 5) is 28.1. The van der Waals surface area contributed by atoms with E-state index in [9.17, 15) is 9.59 Å². The number of aryl methyl sites for hydroxylation is 4. The van der Waals surface area contributed by atoms with Crippen LogP contribution in [-0.4, -0.2) is 22.1 Å². The molecule has 0 aliphatic rings. The Labute approximate surface area is 157 Å². The predicted molar refractivity (Wildman–Crippen MR) is 105 cm³/mol. The molecule has 3 aromatic rings. The number of nitrogens with zero attached hydrogens (tertiary/aromatic N) is 2. The van der Waals surface area contributed by atoms with Gasteiger partial charge < -0.3 is 15.1 Å². The van der Waals surface area contributed by atoms with E-state index in [-0.39, 0.29) is 11.7 Å². The summed E-state index contributed by atoms with van der Waals surface area (Å²) in [6.07, 6.45) is 0.796. The Balaban J connectivity index is 1.67. The highest BCUT2D eigenvalue weighted by Crippen LogP contribution is 2.31. The molecule has 0 bridgehead atoms. The molecule has 27 heavy (non-hydrogen) atoms. The second-order valence-corrected chi connectivity index (χ2v) is 6.54. The molecule has 2 aromatic heterocycles. The van der Waals surface area contributed by atoms with Gasteiger partial charge in [0.2, 0.25) is 0 Å². The lowest BCUT2D eigenvalue weighted by molar-refractivity contribution is 0.251. The summed E-state index contributed by atoms with van der Waals surface area (Å²) in [6, 6.07) is 7.17. The molecule has 0 aliphatic heterocycles. The molecule has 0 saturated heterocycles. The van der Waals surface area contributed by atoms with Crippen LogP contribution in [0.25, 0.3) is 11.0 Å². The van der Waals surface area contributed by atoms with Crippen molar-refractivity contribution in [2.24, 2.45) is 0 Å². The number of rotatable bonds is 5. The zero-order chi connectivity index (χ0) is 19.6. The number of aromatic nitrogens is 2. The number of anilines is 1. The quantitative estimate of drug-likeness (QED) is 0.723. The Bertz CT molecular complexity index is 1050. The summed E-state index contributed by atoms with van der Waals surface area (Å²) in [5.41, 5.74) is 3.59. The van der Waals surface area contributed by atoms with E-state index in [1.807, 2.05) is 45.0 Å². The topological polar surface area (TPSA) is 89.2 Å². The summed E-state index contributed by atoms with van der Waals surface area (Å²) < 4.78 is 7.44. The first-order valence-electron chi connectivity index (χ1n) is 9.01. The van der Waals surface area contributed by atoms with Gasteiger partial charge in [0.25, 0.3) is 0 Å². The average Bonchev–Trinajstić information content (AvgIpc) is 2.94. The lowest BCUT2D eigenvalue weighted by atomic mass is 10.1. The predicted octanol–water partition coefficient (Wildman–Crippen LogP) is 3.30. The van der Waals surface area contributed by atoms with Gasteiger partial charge in [0.1, 0.15) is 5.76 Å². The summed E-state index contributed by atoms with van der Waals surface area (Å²) >= 11 is 0. The van der Waals surface area contributed by atoms with Crippen LogP contribution in [0.2, 0.25) is 0 Å². The van der Waals surface area contributed by atoms with Crippen LogP contribution in [-0.2, 0) is 13.0 Å². The maximum Gasteiger partial charge on any atom is 0.348 e. The molecule has 1 aromatic carbocycles. The van der Waals surface area contributed by atoms with Gasteiger partial charge >= 0.3 is 11.7 Å². The number of fused-ring (bicyclic) bond motifs is 1. The monoisotopic (exact) mass is 368 g/mol. The van der Waals surface area contributed by atoms with E-state index in [4.69, 9.17) is 4.42 Å². The van der Waals surface area contributed by atoms with Gasteiger partial charge in [0, 0.05) is 36.3 Å². The Morgan fingerprint density at radius 3 is 2.74 bits per heavy atom. The van der Waals surface area contributed by atoms with Crippen LogP contribution < -0.4 is 16.3 Å². The molecular weight excluding hydrogens is 344 g/mol. The molecule has 0 fully saturated rings. The fourth-order valence-electron chi connectivity index (χ4n) is 3.22. The molecule has 0 atom stereocenters. The van der Waals surface area contributed by atoms with Gasteiger partial charge in [0.05, 0.1) is 5.69 Å². The third-order valence-electron chi connectivity index (χ3n) is 4.60. The van der Waals surface area contributed by atoms with Crippen LogP contribution in [0.15, 0.2) is 33.5 Å². The Kier molecular flexibility index (Phi) is 5.30. The minimum absolute atomic E-state index is 0.308. The van der Waals surface area contributed by atoms with Crippen molar-refractivity contribution in [3.05, 3.63) is 57.5 Å². The molecule has 0 radical (unpaired) electrons. The van der Waals surface area contributed by atoms with Crippen molar-refractivity contribution in [2.45, 2.75) is 40.7 Å². The minimum Gasteiger partial charge on any atom is -0.459 e. The van der Waals surface area contributed by atoms with Gasteiger partial charge in [-0.2, -0.15) is 4.98 Å². The SMILES string of the molecule is CCc1oc2c(NC(=O)NCCn3c(C)cc(C)nc3=O)cccc2c1C. The van der Waals surface area contributed by atoms with Crippen molar-refractivity contribution < 1.29 is 9.21 Å². The summed E-state index contributed by atoms with van der Waals surface area (Å²) in [5.74, 6) is 0.918. The molecule has 2 amide bonds. The van der Waals surface area contributed by atoms with Gasteiger partial charge in [-0.25, -0.2) is 9.59 Å². The van der Waals surface area contributed by atoms with E-state index in [1.54, 1.807) is 6.92 Å². The number of nitrogens with one attached hydrogen (secondary N) is 2. The number of urea groups is 1. The zero-order valence-electron chi connectivity index (χ0n) is 16.0. The zero-order valence-corrected chi connectivity index (χ0v) is 16.0. The van der Waals surface area contributed by atoms with E-state index in [0.717, 1.165) is 28.8 Å². The number of carbonyl (C=O) groups excluding carboxylic acids is 1. The fourth-order valence-corrected chi connectivity index (χ4v) is 3.22. The number of carbonyl (C=O) groups is 1. The van der Waals surface area contributed by atoms with Crippen molar-refractivity contribution in [3.8, 4) is 0 Å². The maximum atomic E-state index is 12.3. The number of benzene rings is 1. The Hall–Kier alpha value is -3.09. The summed E-state index contributed by atoms with van der Waals surface area (Å²) in [7, 11) is 0. The molecule has 0 spiro atoms. The average molecular weight is 368 g/mol. The van der Waals surface area contributed by atoms with E-state index >= 15 is 0 Å². The molecule has 0 unspecified atom stereocenters. The number of hydrogen-bond donors (Lipinski definition) is 2. The summed E-state index contributed by atoms with van der Waals surface area (Å²) in [5, 5.41) is 6.59. The van der Waals surface area contributed by atoms with Crippen LogP contribution >= 0.6 is 0 Å². The molecule has 7 nitrogen and oxygen atoms in total. The summed E-state index contributed by atoms with van der Waals surface area (Å²) in [6.45, 7) is 8.35. The smallest absolute Gasteiger partial charge is 0.348 e. The van der Waals surface area contributed by atoms with E-state index < -0.39 is 0 Å². The molecule has 2 N–H and O–H groups in total. The van der Waals surface area contributed by atoms with E-state index in [1.165, 1.54) is 4.57 Å². The van der Waals surface area contributed by atoms with Gasteiger partial charge in [-0.3, -0.25) is 4.57 Å². The molecule has 0 aliphatic carbocycles. The van der Waals surface area contributed by atoms with Crippen LogP contribution in [0.4, 0.5) is 10.5 Å². The molecule has 3 rings (SSSR count). The van der Waals surface area contributed by atoms with Crippen molar-refractivity contribution in [3.63, 3.8) is 0 Å². The highest BCUT2D eigenvalue weighted by molar-refractivity contribution is 6.00. The van der Waals surface area contributed by atoms with Gasteiger partial charge in [-0.05, 0) is 38.5 Å². The first-order chi connectivity index (χ1) is 12.9. The van der Waals surface area contributed by atoms with E-state index in [2.05, 4.69) is 15.6 Å². The third kappa shape index (κ3) is 3.86. The highest BCUT2D eigenvalue weighted by Gasteiger charge is 2.13. The number of para-hydroxylation sites is 1. The van der Waals surface area contributed by atoms with Gasteiger partial charge in [-0.15, -0.1) is 0 Å². The molecule has 142 valence electrons. The van der Waals surface area contributed by atoms with Crippen molar-refractivity contribution in [1.29, 1.82) is 0 Å². The lowest BCUT2D eigenvalue weighted by Gasteiger charge is -2.11.